The fourth-order valence-corrected chi connectivity index (χ4v) is 1.87. The van der Waals surface area contributed by atoms with Crippen LogP contribution in [0, 0.1) is 0 Å². The van der Waals surface area contributed by atoms with Crippen LogP contribution in [0.3, 0.4) is 0 Å². The first-order valence-electron chi connectivity index (χ1n) is 6.27. The maximum absolute atomic E-state index is 12.5. The summed E-state index contributed by atoms with van der Waals surface area (Å²) >= 11 is 0. The lowest BCUT2D eigenvalue weighted by molar-refractivity contribution is -0.106. The van der Waals surface area contributed by atoms with Gasteiger partial charge in [-0.3, -0.25) is 9.59 Å². The van der Waals surface area contributed by atoms with Gasteiger partial charge < -0.3 is 4.90 Å². The van der Waals surface area contributed by atoms with Crippen molar-refractivity contribution in [2.45, 2.75) is 6.54 Å². The summed E-state index contributed by atoms with van der Waals surface area (Å²) in [6.07, 6.45) is 0.601. The number of hydrogen-bond acceptors (Lipinski definition) is 2. The highest BCUT2D eigenvalue weighted by molar-refractivity contribution is 5.98. The van der Waals surface area contributed by atoms with Gasteiger partial charge in [-0.05, 0) is 17.7 Å². The average molecular weight is 265 g/mol. The SMILES string of the molecule is C=C(C=O)N(Cc1ccccc1)C(=O)c1ccccc1. The number of aldehydes is 1. The van der Waals surface area contributed by atoms with E-state index in [1.165, 1.54) is 4.90 Å². The monoisotopic (exact) mass is 265 g/mol. The van der Waals surface area contributed by atoms with E-state index in [1.54, 1.807) is 24.3 Å². The molecular weight excluding hydrogens is 250 g/mol. The molecule has 0 radical (unpaired) electrons. The quantitative estimate of drug-likeness (QED) is 0.615. The molecule has 0 spiro atoms. The smallest absolute Gasteiger partial charge is 0.258 e. The van der Waals surface area contributed by atoms with Crippen molar-refractivity contribution in [1.82, 2.24) is 4.90 Å². The van der Waals surface area contributed by atoms with Gasteiger partial charge in [-0.15, -0.1) is 0 Å². The number of rotatable bonds is 5. The van der Waals surface area contributed by atoms with Crippen LogP contribution in [0.2, 0.25) is 0 Å². The van der Waals surface area contributed by atoms with Crippen LogP contribution in [-0.2, 0) is 11.3 Å². The minimum absolute atomic E-state index is 0.155. The minimum Gasteiger partial charge on any atom is -0.301 e. The van der Waals surface area contributed by atoms with Crippen molar-refractivity contribution in [1.29, 1.82) is 0 Å². The van der Waals surface area contributed by atoms with Gasteiger partial charge in [0.05, 0.1) is 12.2 Å². The van der Waals surface area contributed by atoms with Gasteiger partial charge in [-0.1, -0.05) is 55.1 Å². The zero-order valence-corrected chi connectivity index (χ0v) is 11.0. The Morgan fingerprint density at radius 3 is 2.10 bits per heavy atom. The van der Waals surface area contributed by atoms with Crippen LogP contribution in [0.5, 0.6) is 0 Å². The fraction of sp³-hybridized carbons (Fsp3) is 0.0588. The van der Waals surface area contributed by atoms with Crippen LogP contribution in [-0.4, -0.2) is 17.1 Å². The molecule has 0 unspecified atom stereocenters. The Morgan fingerprint density at radius 1 is 1.00 bits per heavy atom. The molecule has 0 heterocycles. The maximum Gasteiger partial charge on any atom is 0.258 e. The Balaban J connectivity index is 2.27. The standard InChI is InChI=1S/C17H15NO2/c1-14(13-19)18(12-15-8-4-2-5-9-15)17(20)16-10-6-3-7-11-16/h2-11,13H,1,12H2. The molecule has 0 aliphatic heterocycles. The third-order valence-corrected chi connectivity index (χ3v) is 2.93. The van der Waals surface area contributed by atoms with Gasteiger partial charge in [0, 0.05) is 5.56 Å². The van der Waals surface area contributed by atoms with Gasteiger partial charge in [-0.2, -0.15) is 0 Å². The molecule has 0 saturated carbocycles. The Hall–Kier alpha value is -2.68. The highest BCUT2D eigenvalue weighted by Gasteiger charge is 2.18. The summed E-state index contributed by atoms with van der Waals surface area (Å²) in [5.74, 6) is -0.230. The lowest BCUT2D eigenvalue weighted by Gasteiger charge is -2.22. The van der Waals surface area contributed by atoms with Crippen LogP contribution in [0.25, 0.3) is 0 Å². The summed E-state index contributed by atoms with van der Waals surface area (Å²) in [5, 5.41) is 0. The van der Waals surface area contributed by atoms with Crippen LogP contribution in [0.4, 0.5) is 0 Å². The second-order valence-electron chi connectivity index (χ2n) is 4.35. The average Bonchev–Trinajstić information content (AvgIpc) is 2.53. The van der Waals surface area contributed by atoms with Crippen LogP contribution in [0.15, 0.2) is 72.9 Å². The van der Waals surface area contributed by atoms with Gasteiger partial charge in [0.15, 0.2) is 6.29 Å². The molecule has 0 aliphatic rings. The van der Waals surface area contributed by atoms with Crippen molar-refractivity contribution in [2.75, 3.05) is 0 Å². The van der Waals surface area contributed by atoms with Crippen molar-refractivity contribution in [3.63, 3.8) is 0 Å². The zero-order chi connectivity index (χ0) is 14.4. The number of carbonyl (C=O) groups excluding carboxylic acids is 2. The van der Waals surface area contributed by atoms with Crippen molar-refractivity contribution < 1.29 is 9.59 Å². The van der Waals surface area contributed by atoms with Crippen molar-refractivity contribution in [3.05, 3.63) is 84.1 Å². The lowest BCUT2D eigenvalue weighted by atomic mass is 10.1. The topological polar surface area (TPSA) is 37.4 Å². The predicted octanol–water partition coefficient (Wildman–Crippen LogP) is 3.04. The molecule has 100 valence electrons. The predicted molar refractivity (Wildman–Crippen MR) is 78.0 cm³/mol. The number of allylic oxidation sites excluding steroid dienone is 1. The summed E-state index contributed by atoms with van der Waals surface area (Å²) in [7, 11) is 0. The molecular formula is C17H15NO2. The lowest BCUT2D eigenvalue weighted by Crippen LogP contribution is -2.30. The summed E-state index contributed by atoms with van der Waals surface area (Å²) in [4.78, 5) is 24.8. The Bertz CT molecular complexity index is 605. The van der Waals surface area contributed by atoms with Gasteiger partial charge in [-0.25, -0.2) is 0 Å². The molecule has 2 aromatic carbocycles. The number of hydrogen-bond donors (Lipinski definition) is 0. The number of carbonyl (C=O) groups is 2. The summed E-state index contributed by atoms with van der Waals surface area (Å²) in [5.41, 5.74) is 1.63. The molecule has 0 aliphatic carbocycles. The second kappa shape index (κ2) is 6.48. The zero-order valence-electron chi connectivity index (χ0n) is 11.0. The molecule has 0 saturated heterocycles. The largest absolute Gasteiger partial charge is 0.301 e. The molecule has 20 heavy (non-hydrogen) atoms. The Labute approximate surface area is 118 Å². The van der Waals surface area contributed by atoms with E-state index >= 15 is 0 Å². The number of amides is 1. The molecule has 3 heteroatoms. The molecule has 0 atom stereocenters. The van der Waals surface area contributed by atoms with Crippen LogP contribution in [0.1, 0.15) is 15.9 Å². The van der Waals surface area contributed by atoms with Crippen LogP contribution >= 0.6 is 0 Å². The van der Waals surface area contributed by atoms with Crippen molar-refractivity contribution >= 4 is 12.2 Å². The molecule has 2 aromatic rings. The fourth-order valence-electron chi connectivity index (χ4n) is 1.87. The molecule has 1 amide bonds. The van der Waals surface area contributed by atoms with E-state index in [-0.39, 0.29) is 11.6 Å². The highest BCUT2D eigenvalue weighted by Crippen LogP contribution is 2.13. The normalized spacial score (nSPS) is 9.80. The Kier molecular flexibility index (Phi) is 4.45. The summed E-state index contributed by atoms with van der Waals surface area (Å²) in [6, 6.07) is 18.4. The third-order valence-electron chi connectivity index (χ3n) is 2.93. The van der Waals surface area contributed by atoms with Gasteiger partial charge in [0.25, 0.3) is 5.91 Å². The molecule has 0 aromatic heterocycles. The van der Waals surface area contributed by atoms with E-state index in [2.05, 4.69) is 6.58 Å². The van der Waals surface area contributed by atoms with E-state index in [4.69, 9.17) is 0 Å². The molecule has 3 nitrogen and oxygen atoms in total. The van der Waals surface area contributed by atoms with E-state index in [0.717, 1.165) is 5.56 Å². The van der Waals surface area contributed by atoms with E-state index in [0.29, 0.717) is 18.4 Å². The maximum atomic E-state index is 12.5. The highest BCUT2D eigenvalue weighted by atomic mass is 16.2. The first-order valence-corrected chi connectivity index (χ1v) is 6.27. The van der Waals surface area contributed by atoms with Crippen LogP contribution < -0.4 is 0 Å². The summed E-state index contributed by atoms with van der Waals surface area (Å²) < 4.78 is 0. The number of benzene rings is 2. The first-order chi connectivity index (χ1) is 9.72. The molecule has 0 bridgehead atoms. The van der Waals surface area contributed by atoms with E-state index < -0.39 is 0 Å². The third kappa shape index (κ3) is 3.20. The van der Waals surface area contributed by atoms with Gasteiger partial charge >= 0.3 is 0 Å². The van der Waals surface area contributed by atoms with Gasteiger partial charge in [0.1, 0.15) is 0 Å². The first kappa shape index (κ1) is 13.7. The van der Waals surface area contributed by atoms with Crippen molar-refractivity contribution in [2.24, 2.45) is 0 Å². The van der Waals surface area contributed by atoms with Gasteiger partial charge in [0.2, 0.25) is 0 Å². The van der Waals surface area contributed by atoms with E-state index in [1.807, 2.05) is 36.4 Å². The minimum atomic E-state index is -0.230. The van der Waals surface area contributed by atoms with Crippen molar-refractivity contribution in [3.8, 4) is 0 Å². The summed E-state index contributed by atoms with van der Waals surface area (Å²) in [6.45, 7) is 3.98. The second-order valence-corrected chi connectivity index (χ2v) is 4.35. The number of nitrogens with zero attached hydrogens (tertiary/aromatic N) is 1. The molecule has 0 N–H and O–H groups in total. The molecule has 0 fully saturated rings. The van der Waals surface area contributed by atoms with E-state index in [9.17, 15) is 9.59 Å². The Morgan fingerprint density at radius 2 is 1.55 bits per heavy atom. The molecule has 2 rings (SSSR count).